The Labute approximate surface area is 123 Å². The topological polar surface area (TPSA) is 56.7 Å². The van der Waals surface area contributed by atoms with Crippen LogP contribution in [-0.2, 0) is 19.4 Å². The van der Waals surface area contributed by atoms with Gasteiger partial charge in [0.05, 0.1) is 0 Å². The van der Waals surface area contributed by atoms with Crippen LogP contribution in [0.15, 0.2) is 24.5 Å². The zero-order valence-corrected chi connectivity index (χ0v) is 12.3. The highest BCUT2D eigenvalue weighted by molar-refractivity contribution is 5.20. The van der Waals surface area contributed by atoms with E-state index in [-0.39, 0.29) is 18.0 Å². The molecule has 0 amide bonds. The SMILES string of the molecule is CC(C)Cn1ncnc1CC(N)Cc1cccc(F)c1F. The van der Waals surface area contributed by atoms with Crippen LogP contribution in [0.2, 0.25) is 0 Å². The number of nitrogens with zero attached hydrogens (tertiary/aromatic N) is 3. The Bertz CT molecular complexity index is 595. The molecule has 6 heteroatoms. The molecule has 1 aromatic carbocycles. The van der Waals surface area contributed by atoms with Crippen molar-refractivity contribution in [2.45, 2.75) is 39.3 Å². The smallest absolute Gasteiger partial charge is 0.162 e. The quantitative estimate of drug-likeness (QED) is 0.889. The predicted molar refractivity (Wildman–Crippen MR) is 76.6 cm³/mol. The molecule has 2 N–H and O–H groups in total. The Morgan fingerprint density at radius 3 is 2.71 bits per heavy atom. The standard InChI is InChI=1S/C15H20F2N4/c1-10(2)8-21-14(19-9-20-21)7-12(18)6-11-4-3-5-13(16)15(11)17/h3-5,9-10,12H,6-8,18H2,1-2H3. The van der Waals surface area contributed by atoms with E-state index in [0.29, 0.717) is 12.3 Å². The van der Waals surface area contributed by atoms with Crippen LogP contribution in [0.4, 0.5) is 8.78 Å². The molecule has 1 heterocycles. The molecule has 1 unspecified atom stereocenters. The molecule has 114 valence electrons. The van der Waals surface area contributed by atoms with Gasteiger partial charge in [-0.05, 0) is 24.0 Å². The number of rotatable bonds is 6. The van der Waals surface area contributed by atoms with E-state index in [2.05, 4.69) is 23.9 Å². The van der Waals surface area contributed by atoms with Crippen molar-refractivity contribution in [3.63, 3.8) is 0 Å². The van der Waals surface area contributed by atoms with Gasteiger partial charge in [-0.15, -0.1) is 0 Å². The van der Waals surface area contributed by atoms with Gasteiger partial charge in [0.2, 0.25) is 0 Å². The zero-order chi connectivity index (χ0) is 15.4. The summed E-state index contributed by atoms with van der Waals surface area (Å²) in [5.41, 5.74) is 6.33. The highest BCUT2D eigenvalue weighted by atomic mass is 19.2. The first-order valence-corrected chi connectivity index (χ1v) is 7.02. The fourth-order valence-electron chi connectivity index (χ4n) is 2.24. The molecular weight excluding hydrogens is 274 g/mol. The maximum absolute atomic E-state index is 13.6. The third-order valence-electron chi connectivity index (χ3n) is 3.19. The summed E-state index contributed by atoms with van der Waals surface area (Å²) in [6.07, 6.45) is 2.23. The van der Waals surface area contributed by atoms with Crippen LogP contribution in [-0.4, -0.2) is 20.8 Å². The van der Waals surface area contributed by atoms with Crippen molar-refractivity contribution in [3.8, 4) is 0 Å². The fraction of sp³-hybridized carbons (Fsp3) is 0.467. The Morgan fingerprint density at radius 2 is 2.00 bits per heavy atom. The summed E-state index contributed by atoms with van der Waals surface area (Å²) in [4.78, 5) is 4.19. The highest BCUT2D eigenvalue weighted by Gasteiger charge is 2.15. The molecule has 0 fully saturated rings. The van der Waals surface area contributed by atoms with E-state index in [9.17, 15) is 8.78 Å². The summed E-state index contributed by atoms with van der Waals surface area (Å²) in [7, 11) is 0. The molecule has 0 saturated heterocycles. The fourth-order valence-corrected chi connectivity index (χ4v) is 2.24. The lowest BCUT2D eigenvalue weighted by atomic mass is 10.0. The number of aromatic nitrogens is 3. The van der Waals surface area contributed by atoms with Crippen molar-refractivity contribution < 1.29 is 8.78 Å². The Kier molecular flexibility index (Phi) is 5.01. The Balaban J connectivity index is 2.03. The first-order chi connectivity index (χ1) is 9.97. The third-order valence-corrected chi connectivity index (χ3v) is 3.19. The molecule has 0 aliphatic carbocycles. The van der Waals surface area contributed by atoms with Gasteiger partial charge in [-0.1, -0.05) is 26.0 Å². The van der Waals surface area contributed by atoms with Crippen molar-refractivity contribution in [1.82, 2.24) is 14.8 Å². The molecule has 1 aromatic heterocycles. The van der Waals surface area contributed by atoms with Gasteiger partial charge < -0.3 is 5.73 Å². The molecule has 4 nitrogen and oxygen atoms in total. The Morgan fingerprint density at radius 1 is 1.24 bits per heavy atom. The molecule has 0 aliphatic heterocycles. The third kappa shape index (κ3) is 4.07. The van der Waals surface area contributed by atoms with Crippen LogP contribution in [0.25, 0.3) is 0 Å². The molecule has 1 atom stereocenters. The molecule has 0 aliphatic rings. The number of benzene rings is 1. The van der Waals surface area contributed by atoms with E-state index in [1.807, 2.05) is 4.68 Å². The monoisotopic (exact) mass is 294 g/mol. The summed E-state index contributed by atoms with van der Waals surface area (Å²) >= 11 is 0. The maximum atomic E-state index is 13.6. The summed E-state index contributed by atoms with van der Waals surface area (Å²) in [6, 6.07) is 3.80. The average Bonchev–Trinajstić information content (AvgIpc) is 2.81. The van der Waals surface area contributed by atoms with Crippen molar-refractivity contribution >= 4 is 0 Å². The highest BCUT2D eigenvalue weighted by Crippen LogP contribution is 2.14. The normalized spacial score (nSPS) is 12.9. The second-order valence-corrected chi connectivity index (χ2v) is 5.63. The summed E-state index contributed by atoms with van der Waals surface area (Å²) < 4.78 is 28.6. The van der Waals surface area contributed by atoms with Gasteiger partial charge in [-0.3, -0.25) is 0 Å². The molecule has 2 rings (SSSR count). The lowest BCUT2D eigenvalue weighted by molar-refractivity contribution is 0.455. The van der Waals surface area contributed by atoms with Gasteiger partial charge in [-0.2, -0.15) is 5.10 Å². The van der Waals surface area contributed by atoms with Crippen molar-refractivity contribution in [1.29, 1.82) is 0 Å². The lowest BCUT2D eigenvalue weighted by Crippen LogP contribution is -2.28. The van der Waals surface area contributed by atoms with Crippen LogP contribution < -0.4 is 5.73 Å². The number of nitrogens with two attached hydrogens (primary N) is 1. The molecule has 2 aromatic rings. The van der Waals surface area contributed by atoms with Gasteiger partial charge in [0.15, 0.2) is 11.6 Å². The van der Waals surface area contributed by atoms with E-state index in [1.54, 1.807) is 6.07 Å². The minimum absolute atomic E-state index is 0.262. The Hall–Kier alpha value is -1.82. The maximum Gasteiger partial charge on any atom is 0.162 e. The zero-order valence-electron chi connectivity index (χ0n) is 12.3. The second-order valence-electron chi connectivity index (χ2n) is 5.63. The van der Waals surface area contributed by atoms with Gasteiger partial charge in [0.1, 0.15) is 12.2 Å². The van der Waals surface area contributed by atoms with E-state index in [1.165, 1.54) is 12.4 Å². The molecular formula is C15H20F2N4. The lowest BCUT2D eigenvalue weighted by Gasteiger charge is -2.14. The van der Waals surface area contributed by atoms with Gasteiger partial charge in [0.25, 0.3) is 0 Å². The predicted octanol–water partition coefficient (Wildman–Crippen LogP) is 2.32. The number of hydrogen-bond acceptors (Lipinski definition) is 3. The van der Waals surface area contributed by atoms with E-state index >= 15 is 0 Å². The van der Waals surface area contributed by atoms with E-state index in [4.69, 9.17) is 5.73 Å². The largest absolute Gasteiger partial charge is 0.327 e. The van der Waals surface area contributed by atoms with Crippen molar-refractivity contribution in [2.75, 3.05) is 0 Å². The summed E-state index contributed by atoms with van der Waals surface area (Å²) in [5.74, 6) is -0.449. The second kappa shape index (κ2) is 6.76. The van der Waals surface area contributed by atoms with Crippen molar-refractivity contribution in [3.05, 3.63) is 47.5 Å². The van der Waals surface area contributed by atoms with Crippen molar-refractivity contribution in [2.24, 2.45) is 11.7 Å². The average molecular weight is 294 g/mol. The first-order valence-electron chi connectivity index (χ1n) is 7.02. The minimum atomic E-state index is -0.845. The van der Waals surface area contributed by atoms with Gasteiger partial charge in [-0.25, -0.2) is 18.4 Å². The summed E-state index contributed by atoms with van der Waals surface area (Å²) in [5, 5.41) is 4.16. The first kappa shape index (κ1) is 15.6. The van der Waals surface area contributed by atoms with Crippen LogP contribution in [0.1, 0.15) is 25.2 Å². The molecule has 0 bridgehead atoms. The van der Waals surface area contributed by atoms with Gasteiger partial charge >= 0.3 is 0 Å². The number of halogens is 2. The van der Waals surface area contributed by atoms with E-state index < -0.39 is 11.6 Å². The minimum Gasteiger partial charge on any atom is -0.327 e. The summed E-state index contributed by atoms with van der Waals surface area (Å²) in [6.45, 7) is 4.94. The van der Waals surface area contributed by atoms with Crippen LogP contribution >= 0.6 is 0 Å². The van der Waals surface area contributed by atoms with Crippen LogP contribution in [0, 0.1) is 17.6 Å². The molecule has 0 spiro atoms. The molecule has 21 heavy (non-hydrogen) atoms. The molecule has 0 radical (unpaired) electrons. The van der Waals surface area contributed by atoms with Crippen LogP contribution in [0.5, 0.6) is 0 Å². The number of hydrogen-bond donors (Lipinski definition) is 1. The van der Waals surface area contributed by atoms with Gasteiger partial charge in [0, 0.05) is 19.0 Å². The van der Waals surface area contributed by atoms with E-state index in [0.717, 1.165) is 18.4 Å². The van der Waals surface area contributed by atoms with Crippen LogP contribution in [0.3, 0.4) is 0 Å². The molecule has 0 saturated carbocycles.